The molecule has 1 fully saturated rings. The largest absolute Gasteiger partial charge is 0.317 e. The maximum absolute atomic E-state index is 13.3. The summed E-state index contributed by atoms with van der Waals surface area (Å²) in [4.78, 5) is 16.7. The quantitative estimate of drug-likeness (QED) is 0.725. The van der Waals surface area contributed by atoms with Gasteiger partial charge in [-0.25, -0.2) is 14.1 Å². The first-order chi connectivity index (χ1) is 12.1. The molecule has 2 aromatic heterocycles. The summed E-state index contributed by atoms with van der Waals surface area (Å²) in [5.41, 5.74) is 1.45. The number of imidazole rings is 1. The zero-order chi connectivity index (χ0) is 17.4. The number of hydrogen-bond donors (Lipinski definition) is 2. The summed E-state index contributed by atoms with van der Waals surface area (Å²) in [6, 6.07) is 4.58. The highest BCUT2D eigenvalue weighted by molar-refractivity contribution is 6.02. The molecule has 0 saturated carbocycles. The molecule has 0 aliphatic carbocycles. The van der Waals surface area contributed by atoms with Crippen molar-refractivity contribution in [1.29, 1.82) is 0 Å². The maximum atomic E-state index is 13.3. The molecule has 0 bridgehead atoms. The number of carbonyl (C=O) groups is 1. The van der Waals surface area contributed by atoms with Gasteiger partial charge in [0.1, 0.15) is 5.82 Å². The first kappa shape index (κ1) is 18.3. The highest BCUT2D eigenvalue weighted by Crippen LogP contribution is 2.20. The number of anilines is 1. The lowest BCUT2D eigenvalue weighted by molar-refractivity contribution is 0.102. The Morgan fingerprint density at radius 1 is 1.35 bits per heavy atom. The Morgan fingerprint density at radius 3 is 2.88 bits per heavy atom. The second-order valence-corrected chi connectivity index (χ2v) is 6.15. The second kappa shape index (κ2) is 7.38. The zero-order valence-electron chi connectivity index (χ0n) is 14.1. The van der Waals surface area contributed by atoms with Gasteiger partial charge in [-0.1, -0.05) is 5.21 Å². The molecule has 1 aliphatic rings. The van der Waals surface area contributed by atoms with Crippen LogP contribution in [0.25, 0.3) is 11.0 Å². The van der Waals surface area contributed by atoms with Crippen LogP contribution < -0.4 is 10.6 Å². The molecule has 3 heterocycles. The lowest BCUT2D eigenvalue weighted by Gasteiger charge is -2.22. The van der Waals surface area contributed by atoms with Gasteiger partial charge < -0.3 is 9.88 Å². The Balaban J connectivity index is 0.00000196. The zero-order valence-corrected chi connectivity index (χ0v) is 15.0. The highest BCUT2D eigenvalue weighted by Gasteiger charge is 2.20. The summed E-state index contributed by atoms with van der Waals surface area (Å²) in [7, 11) is 1.76. The molecule has 2 N–H and O–H groups in total. The van der Waals surface area contributed by atoms with Gasteiger partial charge in [0.15, 0.2) is 5.69 Å². The lowest BCUT2D eigenvalue weighted by Crippen LogP contribution is -2.29. The SMILES string of the molecule is Cl.Cn1c(NC(=O)c2cn(C3CCNCC3)nn2)nc2cc(F)ccc21. The monoisotopic (exact) mass is 379 g/mol. The Hall–Kier alpha value is -2.52. The van der Waals surface area contributed by atoms with E-state index in [9.17, 15) is 9.18 Å². The number of nitrogens with one attached hydrogen (secondary N) is 2. The number of benzene rings is 1. The minimum absolute atomic E-state index is 0. The molecule has 1 amide bonds. The van der Waals surface area contributed by atoms with E-state index in [2.05, 4.69) is 25.9 Å². The van der Waals surface area contributed by atoms with Crippen LogP contribution in [-0.4, -0.2) is 43.5 Å². The van der Waals surface area contributed by atoms with Crippen molar-refractivity contribution in [3.05, 3.63) is 35.9 Å². The Labute approximate surface area is 155 Å². The summed E-state index contributed by atoms with van der Waals surface area (Å²) < 4.78 is 16.8. The van der Waals surface area contributed by atoms with Crippen LogP contribution >= 0.6 is 12.4 Å². The fraction of sp³-hybridized carbons (Fsp3) is 0.375. The lowest BCUT2D eigenvalue weighted by atomic mass is 10.1. The third-order valence-corrected chi connectivity index (χ3v) is 4.49. The standard InChI is InChI=1S/C16H18FN7O.ClH/c1-23-14-3-2-10(17)8-12(14)19-16(23)20-15(25)13-9-24(22-21-13)11-4-6-18-7-5-11;/h2-3,8-9,11,18H,4-7H2,1H3,(H,19,20,25);1H. The molecule has 10 heteroatoms. The van der Waals surface area contributed by atoms with Crippen molar-refractivity contribution in [2.45, 2.75) is 18.9 Å². The van der Waals surface area contributed by atoms with Gasteiger partial charge in [0.2, 0.25) is 5.95 Å². The normalized spacial score (nSPS) is 15.0. The number of rotatable bonds is 3. The van der Waals surface area contributed by atoms with Crippen molar-refractivity contribution >= 4 is 35.3 Å². The maximum Gasteiger partial charge on any atom is 0.280 e. The molecule has 0 spiro atoms. The smallest absolute Gasteiger partial charge is 0.280 e. The average molecular weight is 380 g/mol. The minimum atomic E-state index is -0.390. The van der Waals surface area contributed by atoms with Crippen molar-refractivity contribution in [2.75, 3.05) is 18.4 Å². The van der Waals surface area contributed by atoms with Gasteiger partial charge in [0.05, 0.1) is 23.3 Å². The number of carbonyl (C=O) groups excluding carboxylic acids is 1. The topological polar surface area (TPSA) is 89.7 Å². The van der Waals surface area contributed by atoms with Crippen molar-refractivity contribution in [2.24, 2.45) is 7.05 Å². The van der Waals surface area contributed by atoms with Crippen LogP contribution in [0.1, 0.15) is 29.4 Å². The molecular formula is C16H19ClFN7O. The van der Waals surface area contributed by atoms with E-state index in [1.165, 1.54) is 12.1 Å². The van der Waals surface area contributed by atoms with Crippen LogP contribution in [0.2, 0.25) is 0 Å². The Morgan fingerprint density at radius 2 is 2.12 bits per heavy atom. The first-order valence-corrected chi connectivity index (χ1v) is 8.18. The molecule has 0 unspecified atom stereocenters. The van der Waals surface area contributed by atoms with Gasteiger partial charge in [0, 0.05) is 13.1 Å². The summed E-state index contributed by atoms with van der Waals surface area (Å²) in [5, 5.41) is 14.1. The molecule has 4 rings (SSSR count). The summed E-state index contributed by atoms with van der Waals surface area (Å²) >= 11 is 0. The number of aryl methyl sites for hydroxylation is 1. The van der Waals surface area contributed by atoms with E-state index in [-0.39, 0.29) is 35.9 Å². The summed E-state index contributed by atoms with van der Waals surface area (Å²) in [5.74, 6) is -0.422. The van der Waals surface area contributed by atoms with Crippen LogP contribution in [0.15, 0.2) is 24.4 Å². The van der Waals surface area contributed by atoms with Gasteiger partial charge in [-0.2, -0.15) is 0 Å². The third kappa shape index (κ3) is 3.40. The van der Waals surface area contributed by atoms with E-state index < -0.39 is 0 Å². The number of piperidine rings is 1. The van der Waals surface area contributed by atoms with Gasteiger partial charge in [0.25, 0.3) is 5.91 Å². The van der Waals surface area contributed by atoms with E-state index in [1.807, 2.05) is 0 Å². The van der Waals surface area contributed by atoms with E-state index >= 15 is 0 Å². The fourth-order valence-electron chi connectivity index (χ4n) is 3.08. The molecule has 1 saturated heterocycles. The van der Waals surface area contributed by atoms with Gasteiger partial charge >= 0.3 is 0 Å². The van der Waals surface area contributed by atoms with E-state index in [0.29, 0.717) is 11.5 Å². The molecule has 8 nitrogen and oxygen atoms in total. The number of amides is 1. The molecule has 26 heavy (non-hydrogen) atoms. The molecule has 3 aromatic rings. The van der Waals surface area contributed by atoms with Crippen LogP contribution in [0.5, 0.6) is 0 Å². The number of fused-ring (bicyclic) bond motifs is 1. The van der Waals surface area contributed by atoms with Crippen LogP contribution in [0.3, 0.4) is 0 Å². The van der Waals surface area contributed by atoms with Crippen molar-refractivity contribution in [3.63, 3.8) is 0 Å². The van der Waals surface area contributed by atoms with Crippen LogP contribution in [0.4, 0.5) is 10.3 Å². The number of nitrogens with zero attached hydrogens (tertiary/aromatic N) is 5. The Kier molecular flexibility index (Phi) is 5.19. The first-order valence-electron chi connectivity index (χ1n) is 8.18. The average Bonchev–Trinajstić information content (AvgIpc) is 3.22. The molecular weight excluding hydrogens is 361 g/mol. The molecule has 0 radical (unpaired) electrons. The number of halogens is 2. The van der Waals surface area contributed by atoms with E-state index in [0.717, 1.165) is 31.4 Å². The molecule has 1 aliphatic heterocycles. The van der Waals surface area contributed by atoms with E-state index in [4.69, 9.17) is 0 Å². The third-order valence-electron chi connectivity index (χ3n) is 4.49. The molecule has 0 atom stereocenters. The fourth-order valence-corrected chi connectivity index (χ4v) is 3.08. The van der Waals surface area contributed by atoms with Crippen LogP contribution in [-0.2, 0) is 7.05 Å². The number of aromatic nitrogens is 5. The summed E-state index contributed by atoms with van der Waals surface area (Å²) in [6.45, 7) is 1.87. The molecule has 138 valence electrons. The van der Waals surface area contributed by atoms with Crippen molar-refractivity contribution in [3.8, 4) is 0 Å². The van der Waals surface area contributed by atoms with Crippen LogP contribution in [0, 0.1) is 5.82 Å². The van der Waals surface area contributed by atoms with Crippen molar-refractivity contribution < 1.29 is 9.18 Å². The Bertz CT molecular complexity index is 932. The predicted molar refractivity (Wildman–Crippen MR) is 97.0 cm³/mol. The molecule has 1 aromatic carbocycles. The minimum Gasteiger partial charge on any atom is -0.317 e. The van der Waals surface area contributed by atoms with Gasteiger partial charge in [-0.05, 0) is 38.1 Å². The van der Waals surface area contributed by atoms with E-state index in [1.54, 1.807) is 28.6 Å². The van der Waals surface area contributed by atoms with Gasteiger partial charge in [-0.15, -0.1) is 17.5 Å². The predicted octanol–water partition coefficient (Wildman–Crippen LogP) is 1.90. The second-order valence-electron chi connectivity index (χ2n) is 6.15. The highest BCUT2D eigenvalue weighted by atomic mass is 35.5. The van der Waals surface area contributed by atoms with Crippen molar-refractivity contribution in [1.82, 2.24) is 29.9 Å². The van der Waals surface area contributed by atoms with Gasteiger partial charge in [-0.3, -0.25) is 10.1 Å². The number of hydrogen-bond acceptors (Lipinski definition) is 5. The summed E-state index contributed by atoms with van der Waals surface area (Å²) in [6.07, 6.45) is 3.58.